The second-order valence-electron chi connectivity index (χ2n) is 5.05. The number of nitrogens with one attached hydrogen (secondary N) is 2. The maximum atomic E-state index is 11.4. The Morgan fingerprint density at radius 2 is 2.11 bits per heavy atom. The van der Waals surface area contributed by atoms with Gasteiger partial charge in [0.25, 0.3) is 0 Å². The highest BCUT2D eigenvalue weighted by Gasteiger charge is 2.32. The molecule has 1 aromatic rings. The van der Waals surface area contributed by atoms with Crippen LogP contribution in [0.15, 0.2) is 24.3 Å². The van der Waals surface area contributed by atoms with Crippen LogP contribution in [-0.2, 0) is 11.2 Å². The standard InChI is InChI=1S/C14H19ClN2O.BrH/c1-11(18)17-14(7-2-8-16-10-14)9-12-3-5-13(15)6-4-12;/h3-6,16H,2,7-10H2,1H3,(H,17,18);1H. The minimum Gasteiger partial charge on any atom is -0.349 e. The van der Waals surface area contributed by atoms with Gasteiger partial charge >= 0.3 is 0 Å². The third-order valence-corrected chi connectivity index (χ3v) is 3.62. The molecule has 1 unspecified atom stereocenters. The largest absolute Gasteiger partial charge is 0.349 e. The third-order valence-electron chi connectivity index (χ3n) is 3.37. The average molecular weight is 348 g/mol. The van der Waals surface area contributed by atoms with E-state index in [0.29, 0.717) is 0 Å². The van der Waals surface area contributed by atoms with Crippen molar-refractivity contribution in [1.29, 1.82) is 0 Å². The summed E-state index contributed by atoms with van der Waals surface area (Å²) in [6.07, 6.45) is 2.95. The summed E-state index contributed by atoms with van der Waals surface area (Å²) in [6, 6.07) is 7.85. The maximum Gasteiger partial charge on any atom is 0.217 e. The van der Waals surface area contributed by atoms with Crippen LogP contribution in [-0.4, -0.2) is 24.5 Å². The molecule has 1 heterocycles. The van der Waals surface area contributed by atoms with Gasteiger partial charge in [0, 0.05) is 18.5 Å². The minimum atomic E-state index is -0.155. The SMILES string of the molecule is Br.CC(=O)NC1(Cc2ccc(Cl)cc2)CCCNC1. The first kappa shape index (κ1) is 16.5. The summed E-state index contributed by atoms with van der Waals surface area (Å²) in [5, 5.41) is 7.24. The number of hydrogen-bond acceptors (Lipinski definition) is 2. The van der Waals surface area contributed by atoms with Gasteiger partial charge in [0.05, 0.1) is 5.54 Å². The van der Waals surface area contributed by atoms with Crippen LogP contribution in [0.4, 0.5) is 0 Å². The molecule has 0 saturated carbocycles. The van der Waals surface area contributed by atoms with E-state index in [4.69, 9.17) is 11.6 Å². The zero-order chi connectivity index (χ0) is 13.0. The van der Waals surface area contributed by atoms with Crippen molar-refractivity contribution in [1.82, 2.24) is 10.6 Å². The van der Waals surface area contributed by atoms with E-state index in [9.17, 15) is 4.79 Å². The van der Waals surface area contributed by atoms with Crippen LogP contribution in [0.1, 0.15) is 25.3 Å². The maximum absolute atomic E-state index is 11.4. The monoisotopic (exact) mass is 346 g/mol. The third kappa shape index (κ3) is 4.79. The van der Waals surface area contributed by atoms with Gasteiger partial charge in [-0.2, -0.15) is 0 Å². The fourth-order valence-corrected chi connectivity index (χ4v) is 2.76. The predicted octanol–water partition coefficient (Wildman–Crippen LogP) is 2.72. The molecule has 1 aliphatic heterocycles. The van der Waals surface area contributed by atoms with Crippen molar-refractivity contribution in [2.24, 2.45) is 0 Å². The molecule has 106 valence electrons. The van der Waals surface area contributed by atoms with E-state index < -0.39 is 0 Å². The van der Waals surface area contributed by atoms with E-state index in [1.165, 1.54) is 5.56 Å². The van der Waals surface area contributed by atoms with Crippen molar-refractivity contribution >= 4 is 34.5 Å². The zero-order valence-corrected chi connectivity index (χ0v) is 13.5. The normalized spacial score (nSPS) is 22.4. The Hall–Kier alpha value is -0.580. The molecule has 0 aromatic heterocycles. The molecule has 0 radical (unpaired) electrons. The molecule has 0 aliphatic carbocycles. The van der Waals surface area contributed by atoms with E-state index in [0.717, 1.165) is 37.4 Å². The fraction of sp³-hybridized carbons (Fsp3) is 0.500. The number of carbonyl (C=O) groups is 1. The topological polar surface area (TPSA) is 41.1 Å². The highest BCUT2D eigenvalue weighted by atomic mass is 79.9. The number of amides is 1. The van der Waals surface area contributed by atoms with Gasteiger partial charge < -0.3 is 10.6 Å². The summed E-state index contributed by atoms with van der Waals surface area (Å²) < 4.78 is 0. The summed E-state index contributed by atoms with van der Waals surface area (Å²) in [4.78, 5) is 11.4. The van der Waals surface area contributed by atoms with Gasteiger partial charge in [0.2, 0.25) is 5.91 Å². The quantitative estimate of drug-likeness (QED) is 0.883. The lowest BCUT2D eigenvalue weighted by atomic mass is 9.84. The fourth-order valence-electron chi connectivity index (χ4n) is 2.64. The Kier molecular flexibility index (Phi) is 6.30. The lowest BCUT2D eigenvalue weighted by Crippen LogP contribution is -2.58. The first-order valence-corrected chi connectivity index (χ1v) is 6.71. The van der Waals surface area contributed by atoms with E-state index in [1.807, 2.05) is 24.3 Å². The smallest absolute Gasteiger partial charge is 0.217 e. The first-order valence-electron chi connectivity index (χ1n) is 6.34. The zero-order valence-electron chi connectivity index (χ0n) is 11.0. The van der Waals surface area contributed by atoms with Crippen LogP contribution in [0.25, 0.3) is 0 Å². The van der Waals surface area contributed by atoms with Gasteiger partial charge in [0.1, 0.15) is 0 Å². The number of benzene rings is 1. The number of hydrogen-bond donors (Lipinski definition) is 2. The van der Waals surface area contributed by atoms with Crippen LogP contribution in [0.3, 0.4) is 0 Å². The molecule has 1 aliphatic rings. The molecule has 5 heteroatoms. The lowest BCUT2D eigenvalue weighted by molar-refractivity contribution is -0.121. The van der Waals surface area contributed by atoms with Crippen molar-refractivity contribution in [3.63, 3.8) is 0 Å². The average Bonchev–Trinajstić information content (AvgIpc) is 2.32. The van der Waals surface area contributed by atoms with Crippen molar-refractivity contribution in [2.75, 3.05) is 13.1 Å². The first-order chi connectivity index (χ1) is 8.60. The van der Waals surface area contributed by atoms with Gasteiger partial charge in [-0.3, -0.25) is 4.79 Å². The van der Waals surface area contributed by atoms with Crippen LogP contribution in [0.5, 0.6) is 0 Å². The molecular weight excluding hydrogens is 328 g/mol. The molecule has 1 amide bonds. The van der Waals surface area contributed by atoms with Gasteiger partial charge in [-0.15, -0.1) is 17.0 Å². The van der Waals surface area contributed by atoms with Gasteiger partial charge in [-0.05, 0) is 43.5 Å². The van der Waals surface area contributed by atoms with Crippen LogP contribution >= 0.6 is 28.6 Å². The summed E-state index contributed by atoms with van der Waals surface area (Å²) in [5.74, 6) is 0.0349. The molecule has 1 atom stereocenters. The Bertz CT molecular complexity index is 416. The minimum absolute atomic E-state index is 0. The highest BCUT2D eigenvalue weighted by molar-refractivity contribution is 8.93. The summed E-state index contributed by atoms with van der Waals surface area (Å²) in [5.41, 5.74) is 1.05. The van der Waals surface area contributed by atoms with E-state index in [1.54, 1.807) is 6.92 Å². The number of carbonyl (C=O) groups excluding carboxylic acids is 1. The van der Waals surface area contributed by atoms with Crippen LogP contribution in [0.2, 0.25) is 5.02 Å². The van der Waals surface area contributed by atoms with Gasteiger partial charge in [-0.1, -0.05) is 23.7 Å². The summed E-state index contributed by atoms with van der Waals surface area (Å²) >= 11 is 5.89. The molecule has 2 rings (SSSR count). The molecule has 2 N–H and O–H groups in total. The summed E-state index contributed by atoms with van der Waals surface area (Å²) in [7, 11) is 0. The van der Waals surface area contributed by atoms with Crippen molar-refractivity contribution in [2.45, 2.75) is 31.7 Å². The highest BCUT2D eigenvalue weighted by Crippen LogP contribution is 2.22. The van der Waals surface area contributed by atoms with Crippen molar-refractivity contribution < 1.29 is 4.79 Å². The van der Waals surface area contributed by atoms with Gasteiger partial charge in [0.15, 0.2) is 0 Å². The molecule has 0 spiro atoms. The Balaban J connectivity index is 0.00000180. The molecule has 1 saturated heterocycles. The number of piperidine rings is 1. The van der Waals surface area contributed by atoms with E-state index in [-0.39, 0.29) is 28.4 Å². The second-order valence-corrected chi connectivity index (χ2v) is 5.48. The number of halogens is 2. The Labute approximate surface area is 129 Å². The molecule has 0 bridgehead atoms. The Morgan fingerprint density at radius 3 is 2.63 bits per heavy atom. The predicted molar refractivity (Wildman–Crippen MR) is 84.1 cm³/mol. The van der Waals surface area contributed by atoms with Crippen molar-refractivity contribution in [3.05, 3.63) is 34.9 Å². The van der Waals surface area contributed by atoms with Crippen LogP contribution in [0, 0.1) is 0 Å². The van der Waals surface area contributed by atoms with Crippen LogP contribution < -0.4 is 10.6 Å². The molecule has 3 nitrogen and oxygen atoms in total. The molecule has 1 aromatic carbocycles. The van der Waals surface area contributed by atoms with Gasteiger partial charge in [-0.25, -0.2) is 0 Å². The van der Waals surface area contributed by atoms with E-state index in [2.05, 4.69) is 10.6 Å². The summed E-state index contributed by atoms with van der Waals surface area (Å²) in [6.45, 7) is 3.44. The lowest BCUT2D eigenvalue weighted by Gasteiger charge is -2.38. The number of rotatable bonds is 3. The van der Waals surface area contributed by atoms with Crippen molar-refractivity contribution in [3.8, 4) is 0 Å². The molecule has 1 fully saturated rings. The van der Waals surface area contributed by atoms with E-state index >= 15 is 0 Å². The molecular formula is C14H20BrClN2O. The molecule has 19 heavy (non-hydrogen) atoms. The second kappa shape index (κ2) is 7.27. The Morgan fingerprint density at radius 1 is 1.42 bits per heavy atom.